The van der Waals surface area contributed by atoms with Crippen LogP contribution in [0.4, 0.5) is 0 Å². The number of aromatic nitrogens is 2. The Hall–Kier alpha value is -0.610. The van der Waals surface area contributed by atoms with Gasteiger partial charge >= 0.3 is 0 Å². The Bertz CT molecular complexity index is 307. The maximum atomic E-state index is 4.47. The molecule has 84 valence electrons. The van der Waals surface area contributed by atoms with Crippen LogP contribution in [0.25, 0.3) is 0 Å². The van der Waals surface area contributed by atoms with Crippen molar-refractivity contribution < 1.29 is 0 Å². The molecule has 1 rings (SSSR count). The molecular formula is C11H19N3S. The minimum Gasteiger partial charge on any atom is -0.306 e. The standard InChI is InChI=1S/C11H19N3S/c1-11(2,3)13-7-9-5-6-12-10(14-9)8-15-4/h5-6,13H,7-8H2,1-4H3. The summed E-state index contributed by atoms with van der Waals surface area (Å²) in [4.78, 5) is 8.68. The molecule has 0 aliphatic heterocycles. The molecule has 0 radical (unpaired) electrons. The van der Waals surface area contributed by atoms with Crippen LogP contribution in [-0.4, -0.2) is 21.8 Å². The Morgan fingerprint density at radius 2 is 2.13 bits per heavy atom. The van der Waals surface area contributed by atoms with Gasteiger partial charge in [-0.3, -0.25) is 0 Å². The van der Waals surface area contributed by atoms with E-state index < -0.39 is 0 Å². The summed E-state index contributed by atoms with van der Waals surface area (Å²) in [7, 11) is 0. The SMILES string of the molecule is CSCc1nccc(CNC(C)(C)C)n1. The van der Waals surface area contributed by atoms with Gasteiger partial charge in [0, 0.05) is 18.3 Å². The quantitative estimate of drug-likeness (QED) is 0.852. The molecule has 0 fully saturated rings. The van der Waals surface area contributed by atoms with E-state index in [-0.39, 0.29) is 5.54 Å². The molecule has 4 heteroatoms. The fourth-order valence-electron chi connectivity index (χ4n) is 1.09. The largest absolute Gasteiger partial charge is 0.306 e. The summed E-state index contributed by atoms with van der Waals surface area (Å²) in [6, 6.07) is 1.96. The van der Waals surface area contributed by atoms with Crippen molar-refractivity contribution in [2.75, 3.05) is 6.26 Å². The highest BCUT2D eigenvalue weighted by Gasteiger charge is 2.09. The van der Waals surface area contributed by atoms with E-state index in [0.717, 1.165) is 23.8 Å². The first kappa shape index (κ1) is 12.5. The first-order valence-electron chi connectivity index (χ1n) is 5.06. The maximum absolute atomic E-state index is 4.47. The summed E-state index contributed by atoms with van der Waals surface area (Å²) in [5.41, 5.74) is 1.19. The third kappa shape index (κ3) is 5.14. The van der Waals surface area contributed by atoms with Gasteiger partial charge < -0.3 is 5.32 Å². The van der Waals surface area contributed by atoms with E-state index in [1.54, 1.807) is 11.8 Å². The molecule has 0 spiro atoms. The summed E-state index contributed by atoms with van der Waals surface area (Å²) < 4.78 is 0. The van der Waals surface area contributed by atoms with Crippen LogP contribution in [0.1, 0.15) is 32.3 Å². The van der Waals surface area contributed by atoms with Crippen LogP contribution >= 0.6 is 11.8 Å². The van der Waals surface area contributed by atoms with Crippen molar-refractivity contribution in [3.63, 3.8) is 0 Å². The molecule has 0 amide bonds. The molecule has 1 heterocycles. The molecule has 3 nitrogen and oxygen atoms in total. The Balaban J connectivity index is 2.57. The van der Waals surface area contributed by atoms with E-state index in [2.05, 4.69) is 42.3 Å². The van der Waals surface area contributed by atoms with Gasteiger partial charge in [0.15, 0.2) is 0 Å². The number of rotatable bonds is 4. The average Bonchev–Trinajstić information content (AvgIpc) is 2.15. The monoisotopic (exact) mass is 225 g/mol. The highest BCUT2D eigenvalue weighted by Crippen LogP contribution is 2.05. The van der Waals surface area contributed by atoms with E-state index in [4.69, 9.17) is 0 Å². The van der Waals surface area contributed by atoms with Crippen LogP contribution in [0.5, 0.6) is 0 Å². The van der Waals surface area contributed by atoms with Crippen LogP contribution in [0.3, 0.4) is 0 Å². The molecule has 0 bridgehead atoms. The van der Waals surface area contributed by atoms with Crippen molar-refractivity contribution >= 4 is 11.8 Å². The zero-order chi connectivity index (χ0) is 11.3. The maximum Gasteiger partial charge on any atom is 0.138 e. The summed E-state index contributed by atoms with van der Waals surface area (Å²) in [6.45, 7) is 7.25. The van der Waals surface area contributed by atoms with Crippen molar-refractivity contribution in [3.8, 4) is 0 Å². The molecule has 0 aliphatic carbocycles. The highest BCUT2D eigenvalue weighted by atomic mass is 32.2. The van der Waals surface area contributed by atoms with Gasteiger partial charge in [0.05, 0.1) is 11.4 Å². The molecule has 0 aromatic carbocycles. The molecule has 1 N–H and O–H groups in total. The number of nitrogens with one attached hydrogen (secondary N) is 1. The minimum atomic E-state index is 0.130. The lowest BCUT2D eigenvalue weighted by molar-refractivity contribution is 0.421. The van der Waals surface area contributed by atoms with E-state index in [9.17, 15) is 0 Å². The smallest absolute Gasteiger partial charge is 0.138 e. The van der Waals surface area contributed by atoms with Crippen molar-refractivity contribution in [2.24, 2.45) is 0 Å². The lowest BCUT2D eigenvalue weighted by Gasteiger charge is -2.20. The van der Waals surface area contributed by atoms with Gasteiger partial charge in [0.1, 0.15) is 5.82 Å². The van der Waals surface area contributed by atoms with Gasteiger partial charge in [0.25, 0.3) is 0 Å². The van der Waals surface area contributed by atoms with Gasteiger partial charge in [-0.1, -0.05) is 0 Å². The lowest BCUT2D eigenvalue weighted by atomic mass is 10.1. The number of hydrogen-bond donors (Lipinski definition) is 1. The van der Waals surface area contributed by atoms with E-state index >= 15 is 0 Å². The van der Waals surface area contributed by atoms with Crippen LogP contribution in [0.2, 0.25) is 0 Å². The molecule has 0 atom stereocenters. The summed E-state index contributed by atoms with van der Waals surface area (Å²) in [5.74, 6) is 1.79. The number of nitrogens with zero attached hydrogens (tertiary/aromatic N) is 2. The van der Waals surface area contributed by atoms with Crippen molar-refractivity contribution in [1.82, 2.24) is 15.3 Å². The molecule has 0 aliphatic rings. The second-order valence-electron chi connectivity index (χ2n) is 4.50. The Morgan fingerprint density at radius 1 is 1.40 bits per heavy atom. The zero-order valence-electron chi connectivity index (χ0n) is 9.87. The highest BCUT2D eigenvalue weighted by molar-refractivity contribution is 7.97. The van der Waals surface area contributed by atoms with Gasteiger partial charge in [-0.05, 0) is 33.1 Å². The van der Waals surface area contributed by atoms with Crippen LogP contribution < -0.4 is 5.32 Å². The van der Waals surface area contributed by atoms with Gasteiger partial charge in [-0.15, -0.1) is 0 Å². The Labute approximate surface area is 96.1 Å². The van der Waals surface area contributed by atoms with E-state index in [1.807, 2.05) is 12.3 Å². The normalized spacial score (nSPS) is 11.7. The van der Waals surface area contributed by atoms with Crippen LogP contribution in [0.15, 0.2) is 12.3 Å². The average molecular weight is 225 g/mol. The molecule has 0 saturated carbocycles. The second-order valence-corrected chi connectivity index (χ2v) is 5.37. The van der Waals surface area contributed by atoms with Crippen molar-refractivity contribution in [2.45, 2.75) is 38.6 Å². The first-order chi connectivity index (χ1) is 7.01. The lowest BCUT2D eigenvalue weighted by Crippen LogP contribution is -2.35. The summed E-state index contributed by atoms with van der Waals surface area (Å²) in [6.07, 6.45) is 3.89. The van der Waals surface area contributed by atoms with Crippen molar-refractivity contribution in [3.05, 3.63) is 23.8 Å². The Morgan fingerprint density at radius 3 is 2.73 bits per heavy atom. The topological polar surface area (TPSA) is 37.8 Å². The minimum absolute atomic E-state index is 0.130. The predicted molar refractivity (Wildman–Crippen MR) is 65.8 cm³/mol. The Kier molecular flexibility index (Phi) is 4.54. The van der Waals surface area contributed by atoms with Crippen LogP contribution in [0, 0.1) is 0 Å². The zero-order valence-corrected chi connectivity index (χ0v) is 10.7. The molecule has 15 heavy (non-hydrogen) atoms. The molecule has 0 unspecified atom stereocenters. The summed E-state index contributed by atoms with van der Waals surface area (Å²) >= 11 is 1.74. The molecule has 1 aromatic rings. The van der Waals surface area contributed by atoms with Crippen LogP contribution in [-0.2, 0) is 12.3 Å². The third-order valence-electron chi connectivity index (χ3n) is 1.84. The number of thioether (sulfide) groups is 1. The van der Waals surface area contributed by atoms with Gasteiger partial charge in [-0.25, -0.2) is 9.97 Å². The van der Waals surface area contributed by atoms with E-state index in [1.165, 1.54) is 0 Å². The molecule has 1 aromatic heterocycles. The van der Waals surface area contributed by atoms with E-state index in [0.29, 0.717) is 0 Å². The van der Waals surface area contributed by atoms with Gasteiger partial charge in [-0.2, -0.15) is 11.8 Å². The summed E-state index contributed by atoms with van der Waals surface area (Å²) in [5, 5.41) is 3.41. The molecule has 0 saturated heterocycles. The fraction of sp³-hybridized carbons (Fsp3) is 0.636. The predicted octanol–water partition coefficient (Wildman–Crippen LogP) is 2.23. The number of hydrogen-bond acceptors (Lipinski definition) is 4. The first-order valence-corrected chi connectivity index (χ1v) is 6.45. The van der Waals surface area contributed by atoms with Gasteiger partial charge in [0.2, 0.25) is 0 Å². The second kappa shape index (κ2) is 5.47. The third-order valence-corrected chi connectivity index (χ3v) is 2.38. The van der Waals surface area contributed by atoms with Crippen molar-refractivity contribution in [1.29, 1.82) is 0 Å². The fourth-order valence-corrected chi connectivity index (χ4v) is 1.49. The molecular weight excluding hydrogens is 206 g/mol.